The second kappa shape index (κ2) is 5.87. The van der Waals surface area contributed by atoms with Crippen LogP contribution in [0.1, 0.15) is 17.4 Å². The SMILES string of the molecule is CCc1cc2c(NCc3ccccc3Cl)nc(N)nc2s1. The van der Waals surface area contributed by atoms with Crippen LogP contribution in [0.5, 0.6) is 0 Å². The minimum atomic E-state index is 0.286. The van der Waals surface area contributed by atoms with Crippen molar-refractivity contribution in [2.24, 2.45) is 0 Å². The molecule has 21 heavy (non-hydrogen) atoms. The van der Waals surface area contributed by atoms with E-state index >= 15 is 0 Å². The van der Waals surface area contributed by atoms with Crippen molar-refractivity contribution >= 4 is 44.9 Å². The van der Waals surface area contributed by atoms with Gasteiger partial charge in [0.25, 0.3) is 0 Å². The fourth-order valence-corrected chi connectivity index (χ4v) is 3.29. The van der Waals surface area contributed by atoms with Crippen LogP contribution in [0.2, 0.25) is 5.02 Å². The van der Waals surface area contributed by atoms with Crippen LogP contribution in [0.3, 0.4) is 0 Å². The summed E-state index contributed by atoms with van der Waals surface area (Å²) in [6.45, 7) is 2.72. The first-order chi connectivity index (χ1) is 10.2. The topological polar surface area (TPSA) is 63.8 Å². The summed E-state index contributed by atoms with van der Waals surface area (Å²) < 4.78 is 0. The summed E-state index contributed by atoms with van der Waals surface area (Å²) in [6.07, 6.45) is 0.977. The van der Waals surface area contributed by atoms with Crippen LogP contribution in [-0.2, 0) is 13.0 Å². The number of hydrogen-bond donors (Lipinski definition) is 2. The summed E-state index contributed by atoms with van der Waals surface area (Å²) in [5.41, 5.74) is 6.82. The van der Waals surface area contributed by atoms with Gasteiger partial charge in [0, 0.05) is 16.4 Å². The first kappa shape index (κ1) is 14.1. The Hall–Kier alpha value is -1.85. The summed E-state index contributed by atoms with van der Waals surface area (Å²) >= 11 is 7.82. The number of fused-ring (bicyclic) bond motifs is 1. The number of halogens is 1. The van der Waals surface area contributed by atoms with Gasteiger partial charge in [-0.25, -0.2) is 4.98 Å². The van der Waals surface area contributed by atoms with E-state index in [1.165, 1.54) is 4.88 Å². The minimum Gasteiger partial charge on any atom is -0.368 e. The second-order valence-electron chi connectivity index (χ2n) is 4.66. The molecule has 4 nitrogen and oxygen atoms in total. The van der Waals surface area contributed by atoms with E-state index in [0.29, 0.717) is 6.54 Å². The lowest BCUT2D eigenvalue weighted by Crippen LogP contribution is -2.05. The number of benzene rings is 1. The van der Waals surface area contributed by atoms with Crippen molar-refractivity contribution in [1.29, 1.82) is 0 Å². The number of nitrogens with one attached hydrogen (secondary N) is 1. The van der Waals surface area contributed by atoms with Gasteiger partial charge in [0.15, 0.2) is 0 Å². The van der Waals surface area contributed by atoms with Crippen molar-refractivity contribution in [3.63, 3.8) is 0 Å². The molecule has 0 unspecified atom stereocenters. The van der Waals surface area contributed by atoms with E-state index in [2.05, 4.69) is 28.3 Å². The Kier molecular flexibility index (Phi) is 3.94. The first-order valence-corrected chi connectivity index (χ1v) is 7.90. The predicted molar refractivity (Wildman–Crippen MR) is 90.0 cm³/mol. The summed E-state index contributed by atoms with van der Waals surface area (Å²) in [5, 5.41) is 5.07. The zero-order chi connectivity index (χ0) is 14.8. The largest absolute Gasteiger partial charge is 0.368 e. The number of aromatic nitrogens is 2. The van der Waals surface area contributed by atoms with Gasteiger partial charge in [0.1, 0.15) is 10.6 Å². The maximum absolute atomic E-state index is 6.17. The summed E-state index contributed by atoms with van der Waals surface area (Å²) in [6, 6.07) is 9.87. The van der Waals surface area contributed by atoms with Crippen molar-refractivity contribution in [3.05, 3.63) is 45.8 Å². The molecule has 3 aromatic rings. The molecule has 3 N–H and O–H groups in total. The van der Waals surface area contributed by atoms with Crippen LogP contribution < -0.4 is 11.1 Å². The average Bonchev–Trinajstić information content (AvgIpc) is 2.89. The summed E-state index contributed by atoms with van der Waals surface area (Å²) in [4.78, 5) is 10.8. The zero-order valence-corrected chi connectivity index (χ0v) is 13.1. The minimum absolute atomic E-state index is 0.286. The monoisotopic (exact) mass is 318 g/mol. The van der Waals surface area contributed by atoms with E-state index in [0.717, 1.165) is 33.0 Å². The first-order valence-electron chi connectivity index (χ1n) is 6.70. The Morgan fingerprint density at radius 1 is 1.29 bits per heavy atom. The van der Waals surface area contributed by atoms with E-state index in [1.54, 1.807) is 11.3 Å². The Morgan fingerprint density at radius 3 is 2.86 bits per heavy atom. The van der Waals surface area contributed by atoms with Crippen LogP contribution >= 0.6 is 22.9 Å². The molecule has 0 amide bonds. The van der Waals surface area contributed by atoms with Crippen LogP contribution in [0, 0.1) is 0 Å². The summed E-state index contributed by atoms with van der Waals surface area (Å²) in [5.74, 6) is 1.04. The molecule has 1 aromatic carbocycles. The Bertz CT molecular complexity index is 784. The van der Waals surface area contributed by atoms with Gasteiger partial charge in [-0.3, -0.25) is 0 Å². The fraction of sp³-hybridized carbons (Fsp3) is 0.200. The van der Waals surface area contributed by atoms with Gasteiger partial charge in [-0.2, -0.15) is 4.98 Å². The maximum Gasteiger partial charge on any atom is 0.223 e. The van der Waals surface area contributed by atoms with Gasteiger partial charge >= 0.3 is 0 Å². The molecule has 0 aliphatic carbocycles. The second-order valence-corrected chi connectivity index (χ2v) is 6.18. The lowest BCUT2D eigenvalue weighted by Gasteiger charge is -2.08. The molecule has 3 rings (SSSR count). The number of rotatable bonds is 4. The quantitative estimate of drug-likeness (QED) is 0.760. The fourth-order valence-electron chi connectivity index (χ4n) is 2.12. The molecule has 0 spiro atoms. The number of anilines is 2. The molecule has 0 aliphatic heterocycles. The van der Waals surface area contributed by atoms with Crippen molar-refractivity contribution in [3.8, 4) is 0 Å². The number of nitrogen functional groups attached to an aromatic ring is 1. The molecule has 6 heteroatoms. The standard InChI is InChI=1S/C15H15ClN4S/c1-2-10-7-11-13(19-15(17)20-14(11)21-10)18-8-9-5-3-4-6-12(9)16/h3-7H,2,8H2,1H3,(H3,17,18,19,20). The molecule has 108 valence electrons. The van der Waals surface area contributed by atoms with Crippen LogP contribution in [-0.4, -0.2) is 9.97 Å². The van der Waals surface area contributed by atoms with Gasteiger partial charge in [-0.05, 0) is 24.1 Å². The lowest BCUT2D eigenvalue weighted by molar-refractivity contribution is 1.11. The Labute approximate surface area is 132 Å². The van der Waals surface area contributed by atoms with E-state index in [1.807, 2.05) is 24.3 Å². The predicted octanol–water partition coefficient (Wildman–Crippen LogP) is 4.10. The number of thiophene rings is 1. The molecule has 0 saturated heterocycles. The van der Waals surface area contributed by atoms with E-state index in [9.17, 15) is 0 Å². The highest BCUT2D eigenvalue weighted by Gasteiger charge is 2.10. The van der Waals surface area contributed by atoms with Crippen molar-refractivity contribution < 1.29 is 0 Å². The van der Waals surface area contributed by atoms with Crippen LogP contribution in [0.4, 0.5) is 11.8 Å². The zero-order valence-electron chi connectivity index (χ0n) is 11.6. The molecular weight excluding hydrogens is 304 g/mol. The van der Waals surface area contributed by atoms with Crippen molar-refractivity contribution in [1.82, 2.24) is 9.97 Å². The average molecular weight is 319 g/mol. The van der Waals surface area contributed by atoms with Gasteiger partial charge < -0.3 is 11.1 Å². The third-order valence-corrected chi connectivity index (χ3v) is 4.76. The lowest BCUT2D eigenvalue weighted by atomic mass is 10.2. The molecular formula is C15H15ClN4S. The summed E-state index contributed by atoms with van der Waals surface area (Å²) in [7, 11) is 0. The molecule has 0 fully saturated rings. The normalized spacial score (nSPS) is 11.0. The highest BCUT2D eigenvalue weighted by molar-refractivity contribution is 7.18. The van der Waals surface area contributed by atoms with E-state index in [4.69, 9.17) is 17.3 Å². The molecule has 0 aliphatic rings. The van der Waals surface area contributed by atoms with Crippen molar-refractivity contribution in [2.75, 3.05) is 11.1 Å². The number of hydrogen-bond acceptors (Lipinski definition) is 5. The number of nitrogens with two attached hydrogens (primary N) is 1. The molecule has 2 aromatic heterocycles. The number of nitrogens with zero attached hydrogens (tertiary/aromatic N) is 2. The molecule has 0 saturated carbocycles. The Balaban J connectivity index is 1.93. The molecule has 2 heterocycles. The molecule has 0 bridgehead atoms. The Morgan fingerprint density at radius 2 is 2.10 bits per heavy atom. The third kappa shape index (κ3) is 2.94. The van der Waals surface area contributed by atoms with Gasteiger partial charge in [-0.1, -0.05) is 36.7 Å². The van der Waals surface area contributed by atoms with Crippen LogP contribution in [0.15, 0.2) is 30.3 Å². The molecule has 0 atom stereocenters. The smallest absolute Gasteiger partial charge is 0.223 e. The van der Waals surface area contributed by atoms with Crippen molar-refractivity contribution in [2.45, 2.75) is 19.9 Å². The van der Waals surface area contributed by atoms with Gasteiger partial charge in [0.2, 0.25) is 5.95 Å². The van der Waals surface area contributed by atoms with Crippen LogP contribution in [0.25, 0.3) is 10.2 Å². The third-order valence-electron chi connectivity index (χ3n) is 3.21. The number of aryl methyl sites for hydroxylation is 1. The molecule has 0 radical (unpaired) electrons. The van der Waals surface area contributed by atoms with E-state index < -0.39 is 0 Å². The highest BCUT2D eigenvalue weighted by atomic mass is 35.5. The van der Waals surface area contributed by atoms with Gasteiger partial charge in [0.05, 0.1) is 5.39 Å². The van der Waals surface area contributed by atoms with Gasteiger partial charge in [-0.15, -0.1) is 11.3 Å². The van der Waals surface area contributed by atoms with E-state index in [-0.39, 0.29) is 5.95 Å². The maximum atomic E-state index is 6.17. The highest BCUT2D eigenvalue weighted by Crippen LogP contribution is 2.30.